The van der Waals surface area contributed by atoms with E-state index in [9.17, 15) is 9.59 Å². The number of nitrogens with one attached hydrogen (secondary N) is 1. The van der Waals surface area contributed by atoms with Gasteiger partial charge in [0.2, 0.25) is 0 Å². The molecule has 20 heavy (non-hydrogen) atoms. The van der Waals surface area contributed by atoms with E-state index in [2.05, 4.69) is 4.98 Å². The number of hydrogen-bond donors (Lipinski definition) is 1. The van der Waals surface area contributed by atoms with Crippen molar-refractivity contribution in [1.82, 2.24) is 9.55 Å². The fourth-order valence-corrected chi connectivity index (χ4v) is 2.34. The van der Waals surface area contributed by atoms with Crippen LogP contribution in [0.1, 0.15) is 27.2 Å². The second-order valence-corrected chi connectivity index (χ2v) is 5.67. The first kappa shape index (κ1) is 14.6. The molecule has 0 spiro atoms. The highest BCUT2D eigenvalue weighted by Crippen LogP contribution is 2.23. The average Bonchev–Trinajstić information content (AvgIpc) is 2.39. The molecule has 1 aromatic carbocycles. The van der Waals surface area contributed by atoms with E-state index in [4.69, 9.17) is 11.6 Å². The Balaban J connectivity index is 2.83. The molecule has 0 saturated carbocycles. The molecule has 5 heteroatoms. The van der Waals surface area contributed by atoms with Crippen molar-refractivity contribution in [3.63, 3.8) is 0 Å². The lowest BCUT2D eigenvalue weighted by atomic mass is 10.0. The van der Waals surface area contributed by atoms with Gasteiger partial charge in [0.1, 0.15) is 5.15 Å². The minimum absolute atomic E-state index is 0.0781. The minimum atomic E-state index is -0.571. The van der Waals surface area contributed by atoms with Gasteiger partial charge < -0.3 is 0 Å². The summed E-state index contributed by atoms with van der Waals surface area (Å²) < 4.78 is 1.24. The Bertz CT molecular complexity index is 730. The number of aromatic nitrogens is 2. The molecule has 0 saturated heterocycles. The molecular weight excluding hydrogens is 276 g/mol. The van der Waals surface area contributed by atoms with Crippen LogP contribution < -0.4 is 11.2 Å². The summed E-state index contributed by atoms with van der Waals surface area (Å²) >= 11 is 6.07. The maximum absolute atomic E-state index is 12.7. The Morgan fingerprint density at radius 3 is 2.35 bits per heavy atom. The molecule has 0 unspecified atom stereocenters. The van der Waals surface area contributed by atoms with Gasteiger partial charge in [-0.3, -0.25) is 14.3 Å². The van der Waals surface area contributed by atoms with E-state index in [1.807, 2.05) is 39.0 Å². The van der Waals surface area contributed by atoms with Crippen LogP contribution in [0.3, 0.4) is 0 Å². The molecule has 0 atom stereocenters. The Morgan fingerprint density at radius 1 is 1.20 bits per heavy atom. The smallest absolute Gasteiger partial charge is 0.297 e. The summed E-state index contributed by atoms with van der Waals surface area (Å²) in [5.74, 6) is 0. The molecular formula is C15H17ClN2O2. The first-order valence-corrected chi connectivity index (χ1v) is 6.87. The van der Waals surface area contributed by atoms with Crippen LogP contribution in [-0.4, -0.2) is 9.55 Å². The van der Waals surface area contributed by atoms with E-state index in [0.717, 1.165) is 0 Å². The van der Waals surface area contributed by atoms with E-state index in [0.29, 0.717) is 17.5 Å². The first-order valence-electron chi connectivity index (χ1n) is 6.49. The fraction of sp³-hybridized carbons (Fsp3) is 0.333. The largest absolute Gasteiger partial charge is 0.330 e. The Kier molecular flexibility index (Phi) is 3.86. The van der Waals surface area contributed by atoms with Crippen LogP contribution in [-0.2, 0) is 5.54 Å². The third-order valence-corrected chi connectivity index (χ3v) is 3.87. The predicted molar refractivity (Wildman–Crippen MR) is 81.4 cm³/mol. The first-order chi connectivity index (χ1) is 9.38. The molecule has 1 aromatic heterocycles. The average molecular weight is 293 g/mol. The van der Waals surface area contributed by atoms with Gasteiger partial charge in [0.15, 0.2) is 0 Å². The SMILES string of the molecule is CCC(C)(C)n1c(=O)[nH]c(Cl)c(-c2ccccc2)c1=O. The maximum atomic E-state index is 12.7. The zero-order valence-corrected chi connectivity index (χ0v) is 12.5. The lowest BCUT2D eigenvalue weighted by molar-refractivity contribution is 0.318. The molecule has 0 fully saturated rings. The highest BCUT2D eigenvalue weighted by molar-refractivity contribution is 6.32. The highest BCUT2D eigenvalue weighted by atomic mass is 35.5. The predicted octanol–water partition coefficient (Wildman–Crippen LogP) is 3.00. The van der Waals surface area contributed by atoms with E-state index in [-0.39, 0.29) is 10.7 Å². The van der Waals surface area contributed by atoms with Gasteiger partial charge in [-0.15, -0.1) is 0 Å². The summed E-state index contributed by atoms with van der Waals surface area (Å²) in [7, 11) is 0. The molecule has 0 aliphatic heterocycles. The monoisotopic (exact) mass is 292 g/mol. The maximum Gasteiger partial charge on any atom is 0.330 e. The van der Waals surface area contributed by atoms with E-state index in [1.54, 1.807) is 12.1 Å². The van der Waals surface area contributed by atoms with Crippen LogP contribution in [0.25, 0.3) is 11.1 Å². The molecule has 0 bridgehead atoms. The van der Waals surface area contributed by atoms with Crippen LogP contribution in [0.15, 0.2) is 39.9 Å². The molecule has 1 N–H and O–H groups in total. The molecule has 2 aromatic rings. The van der Waals surface area contributed by atoms with Crippen LogP contribution in [0.2, 0.25) is 5.15 Å². The van der Waals surface area contributed by atoms with Crippen molar-refractivity contribution in [3.8, 4) is 11.1 Å². The Morgan fingerprint density at radius 2 is 1.80 bits per heavy atom. The number of rotatable bonds is 3. The number of nitrogens with zero attached hydrogens (tertiary/aromatic N) is 1. The van der Waals surface area contributed by atoms with Gasteiger partial charge >= 0.3 is 5.69 Å². The third-order valence-electron chi connectivity index (χ3n) is 3.59. The van der Waals surface area contributed by atoms with Crippen molar-refractivity contribution in [2.24, 2.45) is 0 Å². The third kappa shape index (κ3) is 2.43. The Hall–Kier alpha value is -1.81. The van der Waals surface area contributed by atoms with Crippen molar-refractivity contribution >= 4 is 11.6 Å². The zero-order valence-electron chi connectivity index (χ0n) is 11.7. The van der Waals surface area contributed by atoms with Gasteiger partial charge in [-0.05, 0) is 25.8 Å². The number of hydrogen-bond acceptors (Lipinski definition) is 2. The minimum Gasteiger partial charge on any atom is -0.297 e. The molecule has 0 amide bonds. The van der Waals surface area contributed by atoms with Crippen LogP contribution in [0, 0.1) is 0 Å². The van der Waals surface area contributed by atoms with Gasteiger partial charge in [-0.25, -0.2) is 4.79 Å². The van der Waals surface area contributed by atoms with E-state index in [1.165, 1.54) is 4.57 Å². The summed E-state index contributed by atoms with van der Waals surface area (Å²) in [5, 5.41) is 0.0781. The van der Waals surface area contributed by atoms with E-state index < -0.39 is 11.2 Å². The molecule has 1 heterocycles. The quantitative estimate of drug-likeness (QED) is 0.884. The van der Waals surface area contributed by atoms with Crippen molar-refractivity contribution in [2.75, 3.05) is 0 Å². The molecule has 106 valence electrons. The number of benzene rings is 1. The van der Waals surface area contributed by atoms with Crippen molar-refractivity contribution < 1.29 is 0 Å². The van der Waals surface area contributed by atoms with Crippen molar-refractivity contribution in [3.05, 3.63) is 56.3 Å². The highest BCUT2D eigenvalue weighted by Gasteiger charge is 2.25. The summed E-state index contributed by atoms with van der Waals surface area (Å²) in [5.41, 5.74) is -0.394. The lowest BCUT2D eigenvalue weighted by Crippen LogP contribution is -2.46. The fourth-order valence-electron chi connectivity index (χ4n) is 2.07. The summed E-state index contributed by atoms with van der Waals surface area (Å²) in [6, 6.07) is 9.10. The van der Waals surface area contributed by atoms with Crippen molar-refractivity contribution in [1.29, 1.82) is 0 Å². The summed E-state index contributed by atoms with van der Waals surface area (Å²) in [6.45, 7) is 5.64. The standard InChI is InChI=1S/C15H17ClN2O2/c1-4-15(2,3)18-13(19)11(12(16)17-14(18)20)10-8-6-5-7-9-10/h5-9H,4H2,1-3H3,(H,17,20). The number of H-pyrrole nitrogens is 1. The van der Waals surface area contributed by atoms with Gasteiger partial charge in [0, 0.05) is 5.54 Å². The van der Waals surface area contributed by atoms with E-state index >= 15 is 0 Å². The van der Waals surface area contributed by atoms with Crippen LogP contribution >= 0.6 is 11.6 Å². The normalized spacial score (nSPS) is 11.6. The van der Waals surface area contributed by atoms with Gasteiger partial charge in [-0.2, -0.15) is 0 Å². The molecule has 0 aliphatic carbocycles. The summed E-state index contributed by atoms with van der Waals surface area (Å²) in [4.78, 5) is 27.3. The molecule has 2 rings (SSSR count). The van der Waals surface area contributed by atoms with Crippen LogP contribution in [0.5, 0.6) is 0 Å². The number of aromatic amines is 1. The van der Waals surface area contributed by atoms with Gasteiger partial charge in [0.25, 0.3) is 5.56 Å². The Labute approximate surface area is 122 Å². The van der Waals surface area contributed by atoms with Gasteiger partial charge in [-0.1, -0.05) is 48.9 Å². The number of halogens is 1. The molecule has 0 aliphatic rings. The second-order valence-electron chi connectivity index (χ2n) is 5.29. The summed E-state index contributed by atoms with van der Waals surface area (Å²) in [6.07, 6.45) is 0.659. The van der Waals surface area contributed by atoms with Crippen LogP contribution in [0.4, 0.5) is 0 Å². The van der Waals surface area contributed by atoms with Crippen molar-refractivity contribution in [2.45, 2.75) is 32.7 Å². The zero-order chi connectivity index (χ0) is 14.9. The lowest BCUT2D eigenvalue weighted by Gasteiger charge is -2.25. The topological polar surface area (TPSA) is 54.9 Å². The molecule has 4 nitrogen and oxygen atoms in total. The van der Waals surface area contributed by atoms with Gasteiger partial charge in [0.05, 0.1) is 5.56 Å². The second kappa shape index (κ2) is 5.29. The molecule has 0 radical (unpaired) electrons.